The summed E-state index contributed by atoms with van der Waals surface area (Å²) in [4.78, 5) is 12.9. The molecular formula is C25H24O2. The van der Waals surface area contributed by atoms with E-state index in [0.717, 1.165) is 16.7 Å². The maximum absolute atomic E-state index is 12.9. The van der Waals surface area contributed by atoms with E-state index in [4.69, 9.17) is 0 Å². The van der Waals surface area contributed by atoms with Gasteiger partial charge in [-0.2, -0.15) is 0 Å². The fourth-order valence-corrected chi connectivity index (χ4v) is 2.97. The van der Waals surface area contributed by atoms with Crippen molar-refractivity contribution in [3.63, 3.8) is 0 Å². The normalized spacial score (nSPS) is 11.2. The Balaban J connectivity index is 1.87. The zero-order valence-electron chi connectivity index (χ0n) is 16.0. The zero-order valence-corrected chi connectivity index (χ0v) is 16.0. The van der Waals surface area contributed by atoms with Gasteiger partial charge < -0.3 is 5.11 Å². The molecule has 3 rings (SSSR count). The molecule has 0 fully saturated rings. The lowest BCUT2D eigenvalue weighted by Crippen LogP contribution is -2.11. The van der Waals surface area contributed by atoms with Crippen LogP contribution in [0, 0.1) is 0 Å². The van der Waals surface area contributed by atoms with E-state index in [1.165, 1.54) is 5.56 Å². The lowest BCUT2D eigenvalue weighted by Gasteiger charge is -2.19. The Kier molecular flexibility index (Phi) is 5.00. The molecule has 3 aromatic rings. The Morgan fingerprint density at radius 3 is 1.93 bits per heavy atom. The van der Waals surface area contributed by atoms with Gasteiger partial charge in [-0.25, -0.2) is 0 Å². The van der Waals surface area contributed by atoms with Gasteiger partial charge in [-0.15, -0.1) is 0 Å². The highest BCUT2D eigenvalue weighted by atomic mass is 16.3. The number of phenolic OH excluding ortho intramolecular Hbond substituents is 1. The number of hydrogen-bond acceptors (Lipinski definition) is 2. The van der Waals surface area contributed by atoms with Crippen molar-refractivity contribution in [2.45, 2.75) is 26.2 Å². The predicted octanol–water partition coefficient (Wildman–Crippen LogP) is 5.98. The highest BCUT2D eigenvalue weighted by Crippen LogP contribution is 2.26. The van der Waals surface area contributed by atoms with Crippen molar-refractivity contribution >= 4 is 11.4 Å². The number of aromatic hydroxyl groups is 1. The Bertz CT molecular complexity index is 972. The third kappa shape index (κ3) is 4.17. The number of phenols is 1. The third-order valence-electron chi connectivity index (χ3n) is 4.70. The molecule has 0 spiro atoms. The molecule has 0 amide bonds. The minimum Gasteiger partial charge on any atom is -0.508 e. The summed E-state index contributed by atoms with van der Waals surface area (Å²) in [6.07, 6.45) is 0. The fourth-order valence-electron chi connectivity index (χ4n) is 2.97. The molecule has 0 aliphatic rings. The second-order valence-corrected chi connectivity index (χ2v) is 7.76. The van der Waals surface area contributed by atoms with Crippen LogP contribution in [0.2, 0.25) is 0 Å². The van der Waals surface area contributed by atoms with Gasteiger partial charge in [0.15, 0.2) is 5.78 Å². The molecule has 0 aliphatic heterocycles. The molecule has 0 bridgehead atoms. The van der Waals surface area contributed by atoms with Crippen LogP contribution in [0.25, 0.3) is 5.57 Å². The van der Waals surface area contributed by atoms with E-state index in [9.17, 15) is 9.90 Å². The second-order valence-electron chi connectivity index (χ2n) is 7.76. The third-order valence-corrected chi connectivity index (χ3v) is 4.70. The van der Waals surface area contributed by atoms with Crippen LogP contribution in [0.15, 0.2) is 79.4 Å². The first-order valence-electron chi connectivity index (χ1n) is 9.00. The summed E-state index contributed by atoms with van der Waals surface area (Å²) in [7, 11) is 0. The molecule has 0 atom stereocenters. The van der Waals surface area contributed by atoms with Crippen molar-refractivity contribution in [1.29, 1.82) is 0 Å². The van der Waals surface area contributed by atoms with Gasteiger partial charge in [-0.05, 0) is 45.9 Å². The highest BCUT2D eigenvalue weighted by Gasteiger charge is 2.15. The van der Waals surface area contributed by atoms with Crippen LogP contribution in [0.3, 0.4) is 0 Å². The monoisotopic (exact) mass is 356 g/mol. The van der Waals surface area contributed by atoms with E-state index in [2.05, 4.69) is 27.4 Å². The molecule has 2 heteroatoms. The Morgan fingerprint density at radius 2 is 1.33 bits per heavy atom. The maximum atomic E-state index is 12.9. The van der Waals surface area contributed by atoms with Gasteiger partial charge in [-0.3, -0.25) is 4.79 Å². The van der Waals surface area contributed by atoms with Crippen LogP contribution in [0.4, 0.5) is 0 Å². The van der Waals surface area contributed by atoms with Crippen molar-refractivity contribution in [3.05, 3.63) is 107 Å². The number of rotatable bonds is 4. The van der Waals surface area contributed by atoms with Gasteiger partial charge in [-0.1, -0.05) is 81.9 Å². The molecular weight excluding hydrogens is 332 g/mol. The van der Waals surface area contributed by atoms with E-state index in [-0.39, 0.29) is 16.9 Å². The number of benzene rings is 3. The maximum Gasteiger partial charge on any atom is 0.193 e. The number of ketones is 1. The van der Waals surface area contributed by atoms with Gasteiger partial charge in [0.25, 0.3) is 0 Å². The average molecular weight is 356 g/mol. The molecule has 3 aromatic carbocycles. The Labute approximate surface area is 160 Å². The Morgan fingerprint density at radius 1 is 0.778 bits per heavy atom. The first-order valence-corrected chi connectivity index (χ1v) is 9.00. The number of carbonyl (C=O) groups is 1. The average Bonchev–Trinajstić information content (AvgIpc) is 2.67. The zero-order chi connectivity index (χ0) is 19.6. The van der Waals surface area contributed by atoms with E-state index >= 15 is 0 Å². The lowest BCUT2D eigenvalue weighted by molar-refractivity contribution is 0.103. The fraction of sp³-hybridized carbons (Fsp3) is 0.160. The second kappa shape index (κ2) is 7.24. The molecule has 0 aliphatic carbocycles. The molecule has 0 heterocycles. The van der Waals surface area contributed by atoms with Crippen molar-refractivity contribution in [2.75, 3.05) is 0 Å². The SMILES string of the molecule is C=C(c1ccc(O)cc1)c1cccc(C(=O)c2ccc(C(C)(C)C)cc2)c1. The topological polar surface area (TPSA) is 37.3 Å². The van der Waals surface area contributed by atoms with Gasteiger partial charge >= 0.3 is 0 Å². The molecule has 0 saturated heterocycles. The molecule has 0 radical (unpaired) electrons. The quantitative estimate of drug-likeness (QED) is 0.584. The van der Waals surface area contributed by atoms with Crippen LogP contribution in [-0.4, -0.2) is 10.9 Å². The van der Waals surface area contributed by atoms with Crippen LogP contribution >= 0.6 is 0 Å². The van der Waals surface area contributed by atoms with E-state index in [1.807, 2.05) is 60.7 Å². The van der Waals surface area contributed by atoms with Crippen LogP contribution in [-0.2, 0) is 5.41 Å². The summed E-state index contributed by atoms with van der Waals surface area (Å²) in [6, 6.07) is 22.2. The molecule has 0 saturated carbocycles. The molecule has 27 heavy (non-hydrogen) atoms. The first kappa shape index (κ1) is 18.7. The summed E-state index contributed by atoms with van der Waals surface area (Å²) < 4.78 is 0. The molecule has 0 unspecified atom stereocenters. The van der Waals surface area contributed by atoms with E-state index < -0.39 is 0 Å². The largest absolute Gasteiger partial charge is 0.508 e. The van der Waals surface area contributed by atoms with Crippen molar-refractivity contribution in [1.82, 2.24) is 0 Å². The summed E-state index contributed by atoms with van der Waals surface area (Å²) in [5.74, 6) is 0.213. The molecule has 136 valence electrons. The molecule has 1 N–H and O–H groups in total. The van der Waals surface area contributed by atoms with Gasteiger partial charge in [0.1, 0.15) is 5.75 Å². The minimum atomic E-state index is -0.00387. The first-order chi connectivity index (χ1) is 12.8. The lowest BCUT2D eigenvalue weighted by atomic mass is 9.86. The summed E-state index contributed by atoms with van der Waals surface area (Å²) >= 11 is 0. The predicted molar refractivity (Wildman–Crippen MR) is 111 cm³/mol. The van der Waals surface area contributed by atoms with E-state index in [0.29, 0.717) is 11.1 Å². The van der Waals surface area contributed by atoms with Gasteiger partial charge in [0, 0.05) is 11.1 Å². The van der Waals surface area contributed by atoms with Crippen molar-refractivity contribution in [2.24, 2.45) is 0 Å². The molecule has 2 nitrogen and oxygen atoms in total. The van der Waals surface area contributed by atoms with Gasteiger partial charge in [0.05, 0.1) is 0 Å². The van der Waals surface area contributed by atoms with Crippen LogP contribution < -0.4 is 0 Å². The highest BCUT2D eigenvalue weighted by molar-refractivity contribution is 6.09. The van der Waals surface area contributed by atoms with Crippen molar-refractivity contribution < 1.29 is 9.90 Å². The van der Waals surface area contributed by atoms with Crippen LogP contribution in [0.1, 0.15) is 53.4 Å². The van der Waals surface area contributed by atoms with Crippen LogP contribution in [0.5, 0.6) is 5.75 Å². The number of carbonyl (C=O) groups excluding carboxylic acids is 1. The molecule has 0 aromatic heterocycles. The summed E-state index contributed by atoms with van der Waals surface area (Å²) in [5, 5.41) is 9.45. The summed E-state index contributed by atoms with van der Waals surface area (Å²) in [6.45, 7) is 10.6. The van der Waals surface area contributed by atoms with Gasteiger partial charge in [0.2, 0.25) is 0 Å². The summed E-state index contributed by atoms with van der Waals surface area (Å²) in [5.41, 5.74) is 5.18. The smallest absolute Gasteiger partial charge is 0.193 e. The number of hydrogen-bond donors (Lipinski definition) is 1. The Hall–Kier alpha value is -3.13. The standard InChI is InChI=1S/C25H24O2/c1-17(18-10-14-23(26)15-11-18)20-6-5-7-21(16-20)24(27)19-8-12-22(13-9-19)25(2,3)4/h5-16,26H,1H2,2-4H3. The minimum absolute atomic E-state index is 0.00387. The van der Waals surface area contributed by atoms with E-state index in [1.54, 1.807) is 12.1 Å². The van der Waals surface area contributed by atoms with Crippen molar-refractivity contribution in [3.8, 4) is 5.75 Å².